The number of anilines is 1. The normalized spacial score (nSPS) is 21.8. The number of hydrogen-bond acceptors (Lipinski definition) is 2. The highest BCUT2D eigenvalue weighted by Gasteiger charge is 2.47. The Bertz CT molecular complexity index is 671. The molecule has 1 fully saturated rings. The first-order valence-corrected chi connectivity index (χ1v) is 6.49. The van der Waals surface area contributed by atoms with E-state index < -0.39 is 12.1 Å². The Labute approximate surface area is 116 Å². The van der Waals surface area contributed by atoms with Gasteiger partial charge < -0.3 is 10.6 Å². The van der Waals surface area contributed by atoms with Gasteiger partial charge in [0.1, 0.15) is 11.9 Å². The Morgan fingerprint density at radius 1 is 1.15 bits per heavy atom. The van der Waals surface area contributed by atoms with Crippen LogP contribution in [0.3, 0.4) is 0 Å². The molecule has 0 unspecified atom stereocenters. The lowest BCUT2D eigenvalue weighted by Gasteiger charge is -2.45. The van der Waals surface area contributed by atoms with E-state index >= 15 is 0 Å². The summed E-state index contributed by atoms with van der Waals surface area (Å²) in [5.74, 6) is -0.512. The highest BCUT2D eigenvalue weighted by molar-refractivity contribution is 6.05. The molecule has 102 valence electrons. The van der Waals surface area contributed by atoms with E-state index in [9.17, 15) is 9.18 Å². The monoisotopic (exact) mass is 270 g/mol. The van der Waals surface area contributed by atoms with Gasteiger partial charge in [-0.15, -0.1) is 0 Å². The molecule has 3 rings (SSSR count). The van der Waals surface area contributed by atoms with Crippen LogP contribution < -0.4 is 10.6 Å². The number of rotatable bonds is 2. The van der Waals surface area contributed by atoms with Gasteiger partial charge in [0.15, 0.2) is 0 Å². The average molecular weight is 270 g/mol. The van der Waals surface area contributed by atoms with Crippen LogP contribution in [0.25, 0.3) is 0 Å². The first kappa shape index (κ1) is 12.8. The molecular weight excluding hydrogens is 255 g/mol. The summed E-state index contributed by atoms with van der Waals surface area (Å²) in [5.41, 5.74) is 8.13. The van der Waals surface area contributed by atoms with Crippen molar-refractivity contribution in [3.8, 4) is 0 Å². The molecule has 0 aromatic heterocycles. The zero-order valence-electron chi connectivity index (χ0n) is 11.1. The predicted octanol–water partition coefficient (Wildman–Crippen LogP) is 2.55. The molecule has 2 atom stereocenters. The minimum atomic E-state index is -0.688. The quantitative estimate of drug-likeness (QED) is 0.852. The summed E-state index contributed by atoms with van der Waals surface area (Å²) >= 11 is 0. The fourth-order valence-electron chi connectivity index (χ4n) is 2.62. The lowest BCUT2D eigenvalue weighted by molar-refractivity contribution is -0.126. The first-order chi connectivity index (χ1) is 9.59. The number of carbonyl (C=O) groups excluding carboxylic acids is 1. The third-order valence-corrected chi connectivity index (χ3v) is 3.64. The molecule has 1 saturated heterocycles. The van der Waals surface area contributed by atoms with E-state index in [0.717, 1.165) is 11.3 Å². The van der Waals surface area contributed by atoms with Gasteiger partial charge in [0, 0.05) is 11.3 Å². The molecule has 1 amide bonds. The molecule has 20 heavy (non-hydrogen) atoms. The minimum Gasteiger partial charge on any atom is -0.318 e. The summed E-state index contributed by atoms with van der Waals surface area (Å²) in [6, 6.07) is 12.9. The Kier molecular flexibility index (Phi) is 3.03. The van der Waals surface area contributed by atoms with Crippen LogP contribution in [0.4, 0.5) is 10.1 Å². The second-order valence-electron chi connectivity index (χ2n) is 5.04. The van der Waals surface area contributed by atoms with Crippen molar-refractivity contribution < 1.29 is 9.18 Å². The van der Waals surface area contributed by atoms with E-state index in [2.05, 4.69) is 0 Å². The molecule has 2 aromatic carbocycles. The topological polar surface area (TPSA) is 46.3 Å². The van der Waals surface area contributed by atoms with E-state index in [-0.39, 0.29) is 11.7 Å². The van der Waals surface area contributed by atoms with E-state index in [1.54, 1.807) is 23.1 Å². The van der Waals surface area contributed by atoms with Crippen LogP contribution in [0.2, 0.25) is 0 Å². The van der Waals surface area contributed by atoms with E-state index in [0.29, 0.717) is 5.56 Å². The number of amides is 1. The molecule has 2 N–H and O–H groups in total. The van der Waals surface area contributed by atoms with Gasteiger partial charge in [-0.2, -0.15) is 0 Å². The third kappa shape index (κ3) is 1.89. The van der Waals surface area contributed by atoms with Crippen molar-refractivity contribution >= 4 is 11.6 Å². The number of aryl methyl sites for hydroxylation is 1. The molecule has 0 radical (unpaired) electrons. The lowest BCUT2D eigenvalue weighted by Crippen LogP contribution is -2.63. The van der Waals surface area contributed by atoms with Gasteiger partial charge in [0.05, 0.1) is 6.04 Å². The minimum absolute atomic E-state index is 0.177. The van der Waals surface area contributed by atoms with Crippen molar-refractivity contribution in [2.75, 3.05) is 4.90 Å². The largest absolute Gasteiger partial charge is 0.318 e. The van der Waals surface area contributed by atoms with E-state index in [4.69, 9.17) is 5.73 Å². The van der Waals surface area contributed by atoms with E-state index in [1.807, 2.05) is 31.2 Å². The van der Waals surface area contributed by atoms with Crippen LogP contribution in [0.15, 0.2) is 48.5 Å². The third-order valence-electron chi connectivity index (χ3n) is 3.64. The molecule has 0 saturated carbocycles. The number of carbonyl (C=O) groups is 1. The maximum atomic E-state index is 13.9. The van der Waals surface area contributed by atoms with E-state index in [1.165, 1.54) is 6.07 Å². The zero-order valence-corrected chi connectivity index (χ0v) is 11.1. The maximum Gasteiger partial charge on any atom is 0.247 e. The maximum absolute atomic E-state index is 13.9. The van der Waals surface area contributed by atoms with Crippen LogP contribution in [-0.2, 0) is 4.79 Å². The molecule has 1 aliphatic heterocycles. The average Bonchev–Trinajstić information content (AvgIpc) is 2.45. The van der Waals surface area contributed by atoms with Gasteiger partial charge >= 0.3 is 0 Å². The Balaban J connectivity index is 2.02. The second kappa shape index (κ2) is 4.72. The second-order valence-corrected chi connectivity index (χ2v) is 5.04. The van der Waals surface area contributed by atoms with Crippen molar-refractivity contribution in [2.45, 2.75) is 19.0 Å². The molecule has 0 spiro atoms. The lowest BCUT2D eigenvalue weighted by atomic mass is 9.88. The highest BCUT2D eigenvalue weighted by Crippen LogP contribution is 2.39. The summed E-state index contributed by atoms with van der Waals surface area (Å²) in [6.45, 7) is 1.95. The van der Waals surface area contributed by atoms with Crippen molar-refractivity contribution in [3.63, 3.8) is 0 Å². The summed E-state index contributed by atoms with van der Waals surface area (Å²) in [7, 11) is 0. The van der Waals surface area contributed by atoms with Crippen LogP contribution >= 0.6 is 0 Å². The molecule has 3 nitrogen and oxygen atoms in total. The Morgan fingerprint density at radius 3 is 2.60 bits per heavy atom. The molecule has 0 bridgehead atoms. The van der Waals surface area contributed by atoms with Gasteiger partial charge in [0.2, 0.25) is 5.91 Å². The SMILES string of the molecule is Cc1cccc(N2C(=O)[C@H](N)[C@@H]2c2ccccc2F)c1. The molecule has 2 aromatic rings. The summed E-state index contributed by atoms with van der Waals surface area (Å²) < 4.78 is 13.9. The highest BCUT2D eigenvalue weighted by atomic mass is 19.1. The fourth-order valence-corrected chi connectivity index (χ4v) is 2.62. The van der Waals surface area contributed by atoms with Gasteiger partial charge in [-0.3, -0.25) is 4.79 Å². The van der Waals surface area contributed by atoms with Crippen molar-refractivity contribution in [1.29, 1.82) is 0 Å². The standard InChI is InChI=1S/C16H15FN2O/c1-10-5-4-6-11(9-10)19-15(14(18)16(19)20)12-7-2-3-8-13(12)17/h2-9,14-15H,18H2,1H3/t14-,15+/m1/s1. The number of β-lactam (4-membered cyclic amide) rings is 1. The van der Waals surface area contributed by atoms with Crippen molar-refractivity contribution in [2.24, 2.45) is 5.73 Å². The van der Waals surface area contributed by atoms with Gasteiger partial charge in [-0.25, -0.2) is 4.39 Å². The van der Waals surface area contributed by atoms with Gasteiger partial charge in [0.25, 0.3) is 0 Å². The van der Waals surface area contributed by atoms with Crippen LogP contribution in [0, 0.1) is 12.7 Å². The van der Waals surface area contributed by atoms with Crippen molar-refractivity contribution in [1.82, 2.24) is 0 Å². The predicted molar refractivity (Wildman–Crippen MR) is 75.8 cm³/mol. The summed E-state index contributed by atoms with van der Waals surface area (Å²) in [6.07, 6.45) is 0. The number of halogens is 1. The Hall–Kier alpha value is -2.20. The zero-order chi connectivity index (χ0) is 14.3. The van der Waals surface area contributed by atoms with Crippen LogP contribution in [0.1, 0.15) is 17.2 Å². The number of hydrogen-bond donors (Lipinski definition) is 1. The fraction of sp³-hybridized carbons (Fsp3) is 0.188. The molecular formula is C16H15FN2O. The number of nitrogens with two attached hydrogens (primary N) is 1. The van der Waals surface area contributed by atoms with Crippen LogP contribution in [0.5, 0.6) is 0 Å². The smallest absolute Gasteiger partial charge is 0.247 e. The first-order valence-electron chi connectivity index (χ1n) is 6.49. The Morgan fingerprint density at radius 2 is 1.90 bits per heavy atom. The van der Waals surface area contributed by atoms with Crippen LogP contribution in [-0.4, -0.2) is 11.9 Å². The molecule has 4 heteroatoms. The summed E-state index contributed by atoms with van der Waals surface area (Å²) in [4.78, 5) is 13.6. The number of nitrogens with zero attached hydrogens (tertiary/aromatic N) is 1. The molecule has 1 heterocycles. The summed E-state index contributed by atoms with van der Waals surface area (Å²) in [5, 5.41) is 0. The van der Waals surface area contributed by atoms with Gasteiger partial charge in [-0.1, -0.05) is 30.3 Å². The number of benzene rings is 2. The van der Waals surface area contributed by atoms with Gasteiger partial charge in [-0.05, 0) is 30.7 Å². The molecule has 0 aliphatic carbocycles. The van der Waals surface area contributed by atoms with Crippen molar-refractivity contribution in [3.05, 3.63) is 65.5 Å². The molecule has 1 aliphatic rings.